The molecule has 0 aliphatic carbocycles. The first kappa shape index (κ1) is 70.7. The number of carboxylic acids is 5. The highest BCUT2D eigenvalue weighted by Gasteiger charge is 2.35. The van der Waals surface area contributed by atoms with E-state index < -0.39 is 170 Å². The maximum Gasteiger partial charge on any atom is 0.421 e. The monoisotopic (exact) mass is 1250 g/mol. The molecule has 0 radical (unpaired) electrons. The van der Waals surface area contributed by atoms with Gasteiger partial charge in [0.2, 0.25) is 35.5 Å². The number of fused-ring (bicyclic) bond motifs is 1. The number of nitrogens with two attached hydrogens (primary N) is 2. The minimum absolute atomic E-state index is 0.0164. The molecule has 0 saturated heterocycles. The van der Waals surface area contributed by atoms with E-state index in [0.717, 1.165) is 21.6 Å². The molecule has 0 saturated carbocycles. The lowest BCUT2D eigenvalue weighted by molar-refractivity contribution is -0.143. The first-order valence-corrected chi connectivity index (χ1v) is 28.1. The minimum atomic E-state index is -2.15. The summed E-state index contributed by atoms with van der Waals surface area (Å²) in [6.45, 7) is 5.13. The molecule has 38 heteroatoms. The van der Waals surface area contributed by atoms with Crippen LogP contribution in [-0.4, -0.2) is 189 Å². The molecule has 3 aromatic rings. The molecule has 6 unspecified atom stereocenters. The normalized spacial score (nSPS) is 13.1. The van der Waals surface area contributed by atoms with Gasteiger partial charge in [-0.3, -0.25) is 63.1 Å². The number of hydrogen-bond acceptors (Lipinski definition) is 23. The highest BCUT2D eigenvalue weighted by atomic mass is 33.1. The van der Waals surface area contributed by atoms with E-state index in [1.165, 1.54) is 30.5 Å². The summed E-state index contributed by atoms with van der Waals surface area (Å²) in [5.74, 6) is -15.5. The van der Waals surface area contributed by atoms with Gasteiger partial charge in [0.25, 0.3) is 11.5 Å². The number of urea groups is 1. The van der Waals surface area contributed by atoms with Crippen LogP contribution in [0.25, 0.3) is 11.2 Å². The first-order chi connectivity index (χ1) is 40.4. The second-order valence-corrected chi connectivity index (χ2v) is 22.0. The number of aliphatic carboxylic acids is 5. The van der Waals surface area contributed by atoms with E-state index in [0.29, 0.717) is 11.4 Å². The summed E-state index contributed by atoms with van der Waals surface area (Å²) in [6, 6.07) is -6.30. The Bertz CT molecular complexity index is 3020. The van der Waals surface area contributed by atoms with Crippen LogP contribution >= 0.6 is 21.6 Å². The fourth-order valence-corrected chi connectivity index (χ4v) is 9.15. The van der Waals surface area contributed by atoms with Crippen molar-refractivity contribution in [3.05, 3.63) is 52.1 Å². The van der Waals surface area contributed by atoms with E-state index >= 15 is 0 Å². The zero-order valence-electron chi connectivity index (χ0n) is 46.2. The van der Waals surface area contributed by atoms with E-state index in [1.54, 1.807) is 20.8 Å². The van der Waals surface area contributed by atoms with Gasteiger partial charge in [-0.1, -0.05) is 21.6 Å². The molecule has 36 nitrogen and oxygen atoms in total. The molecule has 3 rings (SSSR count). The Hall–Kier alpha value is -9.59. The highest BCUT2D eigenvalue weighted by molar-refractivity contribution is 8.76. The topological polar surface area (TPSA) is 576 Å². The van der Waals surface area contributed by atoms with Crippen molar-refractivity contribution >= 4 is 122 Å². The van der Waals surface area contributed by atoms with E-state index in [1.807, 2.05) is 5.32 Å². The van der Waals surface area contributed by atoms with Gasteiger partial charge in [-0.15, -0.1) is 0 Å². The van der Waals surface area contributed by atoms with Gasteiger partial charge in [0.05, 0.1) is 44.1 Å². The summed E-state index contributed by atoms with van der Waals surface area (Å²) in [7, 11) is 2.17. The maximum absolute atomic E-state index is 13.9. The van der Waals surface area contributed by atoms with Crippen LogP contribution in [0.5, 0.6) is 0 Å². The highest BCUT2D eigenvalue weighted by Crippen LogP contribution is 2.23. The van der Waals surface area contributed by atoms with Crippen molar-refractivity contribution in [2.24, 2.45) is 5.73 Å². The molecule has 1 aromatic carbocycles. The van der Waals surface area contributed by atoms with Gasteiger partial charge in [-0.2, -0.15) is 4.98 Å². The molecule has 0 spiro atoms. The number of ether oxygens (including phenoxy) is 1. The number of nitrogens with one attached hydrogen (secondary N) is 11. The zero-order chi connectivity index (χ0) is 64.3. The number of H-pyrrole nitrogens is 1. The first-order valence-electron chi connectivity index (χ1n) is 25.6. The largest absolute Gasteiger partial charge is 0.481 e. The number of amides is 9. The molecular weight excluding hydrogens is 1180 g/mol. The lowest BCUT2D eigenvalue weighted by atomic mass is 10.1. The molecule has 2 heterocycles. The third-order valence-electron chi connectivity index (χ3n) is 11.1. The Morgan fingerprint density at radius 2 is 1.24 bits per heavy atom. The fourth-order valence-electron chi connectivity index (χ4n) is 7.08. The summed E-state index contributed by atoms with van der Waals surface area (Å²) in [6.07, 6.45) is -5.62. The summed E-state index contributed by atoms with van der Waals surface area (Å²) in [4.78, 5) is 191. The second-order valence-electron chi connectivity index (χ2n) is 19.4. The number of nitrogen functional groups attached to an aromatic ring is 1. The number of carbonyl (C=O) groups excluding carboxylic acids is 8. The Labute approximate surface area is 494 Å². The van der Waals surface area contributed by atoms with Crippen molar-refractivity contribution in [3.8, 4) is 0 Å². The molecule has 86 heavy (non-hydrogen) atoms. The number of benzene rings is 1. The molecule has 470 valence electrons. The van der Waals surface area contributed by atoms with Crippen molar-refractivity contribution in [1.29, 1.82) is 0 Å². The van der Waals surface area contributed by atoms with Gasteiger partial charge in [-0.05, 0) is 64.3 Å². The van der Waals surface area contributed by atoms with E-state index in [2.05, 4.69) is 68.0 Å². The van der Waals surface area contributed by atoms with Crippen molar-refractivity contribution in [1.82, 2.24) is 68.0 Å². The molecule has 6 atom stereocenters. The molecular formula is C48H66N16O20S2. The number of carbonyl (C=O) groups is 13. The average molecular weight is 1250 g/mol. The van der Waals surface area contributed by atoms with Crippen LogP contribution in [-0.2, 0) is 59.2 Å². The average Bonchev–Trinajstić information content (AvgIpc) is 3.23. The van der Waals surface area contributed by atoms with Crippen molar-refractivity contribution in [2.75, 3.05) is 35.7 Å². The van der Waals surface area contributed by atoms with Crippen molar-refractivity contribution < 1.29 is 92.6 Å². The van der Waals surface area contributed by atoms with E-state index in [-0.39, 0.29) is 60.3 Å². The minimum Gasteiger partial charge on any atom is -0.481 e. The molecule has 9 amide bonds. The van der Waals surface area contributed by atoms with Gasteiger partial charge in [0, 0.05) is 47.3 Å². The van der Waals surface area contributed by atoms with Crippen LogP contribution in [0.1, 0.15) is 88.2 Å². The Balaban J connectivity index is 1.69. The Morgan fingerprint density at radius 1 is 0.686 bits per heavy atom. The lowest BCUT2D eigenvalue weighted by Gasteiger charge is -2.26. The van der Waals surface area contributed by atoms with Crippen LogP contribution in [0.3, 0.4) is 0 Å². The number of rotatable bonds is 37. The molecule has 0 aliphatic heterocycles. The number of hydrogen-bond donors (Lipinski definition) is 18. The van der Waals surface area contributed by atoms with Crippen LogP contribution in [0.2, 0.25) is 0 Å². The summed E-state index contributed by atoms with van der Waals surface area (Å²) in [5, 5.41) is 66.6. The third kappa shape index (κ3) is 27.2. The molecule has 0 fully saturated rings. The number of primary amides is 1. The molecule has 0 bridgehead atoms. The van der Waals surface area contributed by atoms with Crippen LogP contribution in [0.4, 0.5) is 21.2 Å². The standard InChI is InChI=1S/C48H66N16O20S2/c1-48(2,3)64-63-47(83)84-13-14-85-86-21-24(15-32(66)67)55-40(76)29(17-34(70)71)60-42(78)30(18-35(72)73)59-39(75)26(5-4-12-51-46(50)82)57-41(77)28(16-33(68)69)56-31(65)11-10-27(44(80)81)58-38(74)22-6-8-23(9-7-22)52-19-25-20-53-37-36(54-25)43(79)62-45(49)61-37/h6-9,20,24,26-30,52,64H,4-5,10-19,21H2,1-3H3,(H,55,76)(H,56,65)(H,57,77)(H,58,74)(H,59,75)(H,60,78)(H,63,83)(H,66,67)(H,68,69)(H,70,71)(H,72,73)(H,80,81)(H3,50,51,82)(H3,49,53,61,62,79). The Morgan fingerprint density at radius 3 is 1.80 bits per heavy atom. The second kappa shape index (κ2) is 34.9. The number of carboxylic acid groups (broad SMARTS) is 5. The number of hydrazine groups is 1. The zero-order valence-corrected chi connectivity index (χ0v) is 47.8. The van der Waals surface area contributed by atoms with Crippen LogP contribution in [0.15, 0.2) is 35.3 Å². The van der Waals surface area contributed by atoms with Crippen LogP contribution < -0.4 is 70.4 Å². The number of anilines is 2. The van der Waals surface area contributed by atoms with Gasteiger partial charge in [0.1, 0.15) is 36.8 Å². The maximum atomic E-state index is 13.9. The van der Waals surface area contributed by atoms with Gasteiger partial charge < -0.3 is 84.3 Å². The predicted molar refractivity (Wildman–Crippen MR) is 302 cm³/mol. The Kier molecular flexibility index (Phi) is 28.7. The lowest BCUT2D eigenvalue weighted by Crippen LogP contribution is -2.59. The molecule has 2 aromatic heterocycles. The summed E-state index contributed by atoms with van der Waals surface area (Å²) in [5.41, 5.74) is 15.4. The number of aromatic amines is 1. The summed E-state index contributed by atoms with van der Waals surface area (Å²) >= 11 is 0. The number of nitrogens with zero attached hydrogens (tertiary/aromatic N) is 3. The predicted octanol–water partition coefficient (Wildman–Crippen LogP) is -2.95. The summed E-state index contributed by atoms with van der Waals surface area (Å²) < 4.78 is 5.03. The van der Waals surface area contributed by atoms with Gasteiger partial charge in [0.15, 0.2) is 11.2 Å². The fraction of sp³-hybridized carbons (Fsp3) is 0.479. The van der Waals surface area contributed by atoms with E-state index in [4.69, 9.17) is 16.2 Å². The third-order valence-corrected chi connectivity index (χ3v) is 13.5. The van der Waals surface area contributed by atoms with Gasteiger partial charge in [-0.25, -0.2) is 29.8 Å². The molecule has 0 aliphatic rings. The smallest absolute Gasteiger partial charge is 0.421 e. The van der Waals surface area contributed by atoms with Crippen molar-refractivity contribution in [3.63, 3.8) is 0 Å². The van der Waals surface area contributed by atoms with Gasteiger partial charge >= 0.3 is 42.0 Å². The van der Waals surface area contributed by atoms with Crippen LogP contribution in [0, 0.1) is 0 Å². The number of aromatic nitrogens is 4. The quantitative estimate of drug-likeness (QED) is 0.0156. The SMILES string of the molecule is CC(C)(C)NNC(=O)OCCSSCC(CC(=O)O)NC(=O)C(CC(=O)O)NC(=O)C(CC(=O)O)NC(=O)C(CCCNC(N)=O)NC(=O)C(CC(=O)O)NC(=O)CCC(NC(=O)c1ccc(NCc2cnc3nc(N)[nH]c(=O)c3n2)cc1)C(=O)O. The molecule has 20 N–H and O–H groups in total. The van der Waals surface area contributed by atoms with E-state index in [9.17, 15) is 92.7 Å². The van der Waals surface area contributed by atoms with Crippen molar-refractivity contribution in [2.45, 2.75) is 120 Å².